The van der Waals surface area contributed by atoms with Crippen molar-refractivity contribution in [2.45, 2.75) is 39.5 Å². The molecule has 0 unspecified atom stereocenters. The van der Waals surface area contributed by atoms with Gasteiger partial charge in [0.1, 0.15) is 5.82 Å². The third kappa shape index (κ3) is 6.17. The van der Waals surface area contributed by atoms with Crippen molar-refractivity contribution in [1.82, 2.24) is 9.62 Å². The van der Waals surface area contributed by atoms with E-state index in [1.807, 2.05) is 18.7 Å². The molecule has 6 nitrogen and oxygen atoms in total. The molecule has 1 saturated heterocycles. The molecule has 1 amide bonds. The minimum absolute atomic E-state index is 0.0398. The SMILES string of the molecule is CCCC(CCC)C(=O)NCCS(=O)(=O)N1CCN(c2ccccc2F)CC1. The Bertz CT molecular complexity index is 728. The zero-order valence-electron chi connectivity index (χ0n) is 16.9. The molecule has 0 saturated carbocycles. The Morgan fingerprint density at radius 1 is 1.11 bits per heavy atom. The van der Waals surface area contributed by atoms with Crippen molar-refractivity contribution >= 4 is 21.6 Å². The van der Waals surface area contributed by atoms with Crippen molar-refractivity contribution in [3.8, 4) is 0 Å². The van der Waals surface area contributed by atoms with Gasteiger partial charge in [0.25, 0.3) is 0 Å². The van der Waals surface area contributed by atoms with E-state index < -0.39 is 10.0 Å². The summed E-state index contributed by atoms with van der Waals surface area (Å²) in [5.74, 6) is -0.496. The Morgan fingerprint density at radius 3 is 2.29 bits per heavy atom. The van der Waals surface area contributed by atoms with Crippen molar-refractivity contribution < 1.29 is 17.6 Å². The van der Waals surface area contributed by atoms with Crippen molar-refractivity contribution in [2.24, 2.45) is 5.92 Å². The first kappa shape index (κ1) is 22.6. The van der Waals surface area contributed by atoms with Crippen LogP contribution in [0.25, 0.3) is 0 Å². The van der Waals surface area contributed by atoms with Crippen LogP contribution in [-0.2, 0) is 14.8 Å². The number of carbonyl (C=O) groups excluding carboxylic acids is 1. The van der Waals surface area contributed by atoms with Gasteiger partial charge in [0.05, 0.1) is 11.4 Å². The third-order valence-electron chi connectivity index (χ3n) is 5.13. The number of anilines is 1. The molecule has 1 aromatic rings. The van der Waals surface area contributed by atoms with Crippen LogP contribution < -0.4 is 10.2 Å². The largest absolute Gasteiger partial charge is 0.367 e. The smallest absolute Gasteiger partial charge is 0.223 e. The summed E-state index contributed by atoms with van der Waals surface area (Å²) in [4.78, 5) is 14.1. The lowest BCUT2D eigenvalue weighted by molar-refractivity contribution is -0.125. The first-order valence-electron chi connectivity index (χ1n) is 10.1. The molecule has 28 heavy (non-hydrogen) atoms. The Hall–Kier alpha value is -1.67. The van der Waals surface area contributed by atoms with Gasteiger partial charge in [0.15, 0.2) is 0 Å². The topological polar surface area (TPSA) is 69.7 Å². The van der Waals surface area contributed by atoms with E-state index in [2.05, 4.69) is 5.32 Å². The first-order valence-corrected chi connectivity index (χ1v) is 11.7. The van der Waals surface area contributed by atoms with Crippen molar-refractivity contribution in [2.75, 3.05) is 43.4 Å². The van der Waals surface area contributed by atoms with Crippen LogP contribution >= 0.6 is 0 Å². The Balaban J connectivity index is 1.82. The number of halogens is 1. The predicted octanol–water partition coefficient (Wildman–Crippen LogP) is 2.61. The molecule has 1 aromatic carbocycles. The fraction of sp³-hybridized carbons (Fsp3) is 0.650. The van der Waals surface area contributed by atoms with Gasteiger partial charge in [-0.1, -0.05) is 38.8 Å². The Morgan fingerprint density at radius 2 is 1.71 bits per heavy atom. The van der Waals surface area contributed by atoms with Crippen LogP contribution in [-0.4, -0.2) is 57.1 Å². The third-order valence-corrected chi connectivity index (χ3v) is 7.00. The number of benzene rings is 1. The fourth-order valence-corrected chi connectivity index (χ4v) is 4.93. The zero-order valence-corrected chi connectivity index (χ0v) is 17.7. The summed E-state index contributed by atoms with van der Waals surface area (Å²) in [6, 6.07) is 6.53. The van der Waals surface area contributed by atoms with E-state index in [0.717, 1.165) is 25.7 Å². The van der Waals surface area contributed by atoms with E-state index in [1.54, 1.807) is 18.2 Å². The van der Waals surface area contributed by atoms with Gasteiger partial charge in [-0.05, 0) is 25.0 Å². The van der Waals surface area contributed by atoms with Gasteiger partial charge in [-0.25, -0.2) is 12.8 Å². The summed E-state index contributed by atoms with van der Waals surface area (Å²) in [5, 5.41) is 2.78. The maximum atomic E-state index is 13.9. The normalized spacial score (nSPS) is 15.8. The number of rotatable bonds is 10. The number of piperazine rings is 1. The van der Waals surface area contributed by atoms with E-state index in [0.29, 0.717) is 31.9 Å². The van der Waals surface area contributed by atoms with Crippen LogP contribution in [0.5, 0.6) is 0 Å². The Labute approximate surface area is 168 Å². The predicted molar refractivity (Wildman–Crippen MR) is 110 cm³/mol. The molecule has 1 aliphatic heterocycles. The van der Waals surface area contributed by atoms with Gasteiger partial charge < -0.3 is 10.2 Å². The van der Waals surface area contributed by atoms with Gasteiger partial charge in [-0.3, -0.25) is 4.79 Å². The number of para-hydroxylation sites is 1. The number of amides is 1. The molecule has 1 fully saturated rings. The molecule has 0 atom stereocenters. The van der Waals surface area contributed by atoms with Gasteiger partial charge in [0, 0.05) is 38.6 Å². The molecule has 1 heterocycles. The molecular formula is C20H32FN3O3S. The molecular weight excluding hydrogens is 381 g/mol. The van der Waals surface area contributed by atoms with Gasteiger partial charge in [-0.15, -0.1) is 0 Å². The molecule has 1 N–H and O–H groups in total. The molecule has 0 bridgehead atoms. The van der Waals surface area contributed by atoms with Crippen molar-refractivity contribution in [1.29, 1.82) is 0 Å². The standard InChI is InChI=1S/C20H32FN3O3S/c1-3-7-17(8-4-2)20(25)22-11-16-28(26,27)24-14-12-23(13-15-24)19-10-6-5-9-18(19)21/h5-6,9-10,17H,3-4,7-8,11-16H2,1-2H3,(H,22,25). The summed E-state index contributed by atoms with van der Waals surface area (Å²) >= 11 is 0. The van der Waals surface area contributed by atoms with E-state index in [9.17, 15) is 17.6 Å². The molecule has 0 aliphatic carbocycles. The van der Waals surface area contributed by atoms with Crippen LogP contribution in [0.3, 0.4) is 0 Å². The van der Waals surface area contributed by atoms with Crippen LogP contribution in [0.15, 0.2) is 24.3 Å². The van der Waals surface area contributed by atoms with Crippen LogP contribution in [0, 0.1) is 11.7 Å². The number of nitrogens with zero attached hydrogens (tertiary/aromatic N) is 2. The molecule has 2 rings (SSSR count). The highest BCUT2D eigenvalue weighted by Crippen LogP contribution is 2.21. The molecule has 8 heteroatoms. The maximum Gasteiger partial charge on any atom is 0.223 e. The number of sulfonamides is 1. The monoisotopic (exact) mass is 413 g/mol. The van der Waals surface area contributed by atoms with Crippen LogP contribution in [0.2, 0.25) is 0 Å². The lowest BCUT2D eigenvalue weighted by Crippen LogP contribution is -2.50. The molecule has 0 spiro atoms. The van der Waals surface area contributed by atoms with E-state index in [1.165, 1.54) is 10.4 Å². The minimum Gasteiger partial charge on any atom is -0.367 e. The van der Waals surface area contributed by atoms with Crippen LogP contribution in [0.1, 0.15) is 39.5 Å². The number of carbonyl (C=O) groups is 1. The number of nitrogens with one attached hydrogen (secondary N) is 1. The van der Waals surface area contributed by atoms with Crippen molar-refractivity contribution in [3.63, 3.8) is 0 Å². The van der Waals surface area contributed by atoms with E-state index >= 15 is 0 Å². The molecule has 0 radical (unpaired) electrons. The number of hydrogen-bond acceptors (Lipinski definition) is 4. The molecule has 158 valence electrons. The second-order valence-electron chi connectivity index (χ2n) is 7.22. The first-order chi connectivity index (χ1) is 13.4. The van der Waals surface area contributed by atoms with E-state index in [4.69, 9.17) is 0 Å². The Kier molecular flexibility index (Phi) is 8.69. The summed E-state index contributed by atoms with van der Waals surface area (Å²) in [6.07, 6.45) is 3.51. The summed E-state index contributed by atoms with van der Waals surface area (Å²) in [7, 11) is -3.45. The highest BCUT2D eigenvalue weighted by molar-refractivity contribution is 7.89. The quantitative estimate of drug-likeness (QED) is 0.640. The average molecular weight is 414 g/mol. The highest BCUT2D eigenvalue weighted by atomic mass is 32.2. The lowest BCUT2D eigenvalue weighted by atomic mass is 9.97. The highest BCUT2D eigenvalue weighted by Gasteiger charge is 2.28. The van der Waals surface area contributed by atoms with Gasteiger partial charge in [0.2, 0.25) is 15.9 Å². The van der Waals surface area contributed by atoms with Gasteiger partial charge >= 0.3 is 0 Å². The number of hydrogen-bond donors (Lipinski definition) is 1. The second-order valence-corrected chi connectivity index (χ2v) is 9.31. The molecule has 1 aliphatic rings. The second kappa shape index (κ2) is 10.8. The summed E-state index contributed by atoms with van der Waals surface area (Å²) in [6.45, 7) is 5.74. The fourth-order valence-electron chi connectivity index (χ4n) is 3.60. The average Bonchev–Trinajstić information content (AvgIpc) is 2.68. The molecule has 0 aromatic heterocycles. The lowest BCUT2D eigenvalue weighted by Gasteiger charge is -2.35. The van der Waals surface area contributed by atoms with E-state index in [-0.39, 0.29) is 29.9 Å². The zero-order chi connectivity index (χ0) is 20.6. The van der Waals surface area contributed by atoms with Gasteiger partial charge in [-0.2, -0.15) is 4.31 Å². The van der Waals surface area contributed by atoms with Crippen LogP contribution in [0.4, 0.5) is 10.1 Å². The summed E-state index contributed by atoms with van der Waals surface area (Å²) in [5.41, 5.74) is 0.504. The van der Waals surface area contributed by atoms with Crippen molar-refractivity contribution in [3.05, 3.63) is 30.1 Å². The minimum atomic E-state index is -3.45. The summed E-state index contributed by atoms with van der Waals surface area (Å²) < 4.78 is 40.5. The maximum absolute atomic E-state index is 13.9.